The molecular formula is C15H14F3NOS. The van der Waals surface area contributed by atoms with E-state index in [1.165, 1.54) is 17.0 Å². The van der Waals surface area contributed by atoms with Gasteiger partial charge >= 0.3 is 6.18 Å². The second-order valence-corrected chi connectivity index (χ2v) is 5.59. The Morgan fingerprint density at radius 3 is 2.43 bits per heavy atom. The molecule has 0 aliphatic carbocycles. The van der Waals surface area contributed by atoms with Crippen LogP contribution in [-0.4, -0.2) is 5.91 Å². The summed E-state index contributed by atoms with van der Waals surface area (Å²) in [5.41, 5.74) is -0.345. The third-order valence-electron chi connectivity index (χ3n) is 2.90. The lowest BCUT2D eigenvalue weighted by atomic mass is 10.2. The molecule has 0 saturated heterocycles. The van der Waals surface area contributed by atoms with Crippen LogP contribution in [0.2, 0.25) is 0 Å². The standard InChI is InChI=1S/C15H14F3NOS/c16-15(17,18)11-6-8-12(9-7-11)19-14(20)5-1-3-13-4-2-10-21-13/h2,4,6-10H,1,3,5H2,(H,19,20). The molecule has 0 radical (unpaired) electrons. The fraction of sp³-hybridized carbons (Fsp3) is 0.267. The summed E-state index contributed by atoms with van der Waals surface area (Å²) in [6.07, 6.45) is -2.47. The van der Waals surface area contributed by atoms with Crippen molar-refractivity contribution in [1.29, 1.82) is 0 Å². The number of carbonyl (C=O) groups excluding carboxylic acids is 1. The van der Waals surface area contributed by atoms with Gasteiger partial charge in [-0.2, -0.15) is 13.2 Å². The highest BCUT2D eigenvalue weighted by Gasteiger charge is 2.29. The van der Waals surface area contributed by atoms with E-state index in [-0.39, 0.29) is 5.91 Å². The first-order valence-corrected chi connectivity index (χ1v) is 7.32. The molecule has 0 fully saturated rings. The highest BCUT2D eigenvalue weighted by atomic mass is 32.1. The zero-order valence-corrected chi connectivity index (χ0v) is 11.9. The summed E-state index contributed by atoms with van der Waals surface area (Å²) < 4.78 is 37.2. The van der Waals surface area contributed by atoms with Gasteiger partial charge in [0.05, 0.1) is 5.56 Å². The van der Waals surface area contributed by atoms with E-state index in [9.17, 15) is 18.0 Å². The van der Waals surface area contributed by atoms with Crippen molar-refractivity contribution in [3.63, 3.8) is 0 Å². The normalized spacial score (nSPS) is 11.4. The molecule has 21 heavy (non-hydrogen) atoms. The summed E-state index contributed by atoms with van der Waals surface area (Å²) in [5.74, 6) is -0.189. The second-order valence-electron chi connectivity index (χ2n) is 4.56. The van der Waals surface area contributed by atoms with E-state index in [4.69, 9.17) is 0 Å². The number of thiophene rings is 1. The number of benzene rings is 1. The zero-order chi connectivity index (χ0) is 15.3. The third kappa shape index (κ3) is 4.90. The van der Waals surface area contributed by atoms with Crippen molar-refractivity contribution in [2.24, 2.45) is 0 Å². The minimum Gasteiger partial charge on any atom is -0.326 e. The van der Waals surface area contributed by atoms with E-state index < -0.39 is 11.7 Å². The minimum absolute atomic E-state index is 0.189. The highest BCUT2D eigenvalue weighted by molar-refractivity contribution is 7.09. The van der Waals surface area contributed by atoms with Gasteiger partial charge < -0.3 is 5.32 Å². The van der Waals surface area contributed by atoms with E-state index in [1.54, 1.807) is 11.3 Å². The van der Waals surface area contributed by atoms with E-state index in [0.29, 0.717) is 18.5 Å². The van der Waals surface area contributed by atoms with Crippen LogP contribution in [0.3, 0.4) is 0 Å². The number of hydrogen-bond donors (Lipinski definition) is 1. The molecule has 0 bridgehead atoms. The van der Waals surface area contributed by atoms with Crippen molar-refractivity contribution in [2.45, 2.75) is 25.4 Å². The number of nitrogens with one attached hydrogen (secondary N) is 1. The molecular weight excluding hydrogens is 299 g/mol. The lowest BCUT2D eigenvalue weighted by molar-refractivity contribution is -0.137. The van der Waals surface area contributed by atoms with Gasteiger partial charge in [-0.1, -0.05) is 6.07 Å². The van der Waals surface area contributed by atoms with Crippen molar-refractivity contribution in [3.05, 3.63) is 52.2 Å². The Labute approximate surface area is 124 Å². The number of alkyl halides is 3. The van der Waals surface area contributed by atoms with Crippen molar-refractivity contribution >= 4 is 22.9 Å². The molecule has 2 nitrogen and oxygen atoms in total. The van der Waals surface area contributed by atoms with Gasteiger partial charge in [0.2, 0.25) is 5.91 Å². The lowest BCUT2D eigenvalue weighted by Gasteiger charge is -2.08. The van der Waals surface area contributed by atoms with Crippen LogP contribution in [0, 0.1) is 0 Å². The van der Waals surface area contributed by atoms with Gasteiger partial charge in [0.1, 0.15) is 0 Å². The molecule has 2 aromatic rings. The first kappa shape index (κ1) is 15.6. The third-order valence-corrected chi connectivity index (χ3v) is 3.84. The Morgan fingerprint density at radius 1 is 1.14 bits per heavy atom. The Balaban J connectivity index is 1.79. The first-order chi connectivity index (χ1) is 9.95. The lowest BCUT2D eigenvalue weighted by Crippen LogP contribution is -2.12. The maximum atomic E-state index is 12.4. The van der Waals surface area contributed by atoms with Gasteiger partial charge in [-0.15, -0.1) is 11.3 Å². The van der Waals surface area contributed by atoms with Crippen LogP contribution < -0.4 is 5.32 Å². The van der Waals surface area contributed by atoms with Crippen LogP contribution in [0.4, 0.5) is 18.9 Å². The maximum Gasteiger partial charge on any atom is 0.416 e. The SMILES string of the molecule is O=C(CCCc1cccs1)Nc1ccc(C(F)(F)F)cc1. The highest BCUT2D eigenvalue weighted by Crippen LogP contribution is 2.29. The Morgan fingerprint density at radius 2 is 1.86 bits per heavy atom. The Kier molecular flexibility index (Phi) is 5.01. The fourth-order valence-electron chi connectivity index (χ4n) is 1.84. The Hall–Kier alpha value is -1.82. The van der Waals surface area contributed by atoms with Crippen molar-refractivity contribution in [3.8, 4) is 0 Å². The molecule has 0 saturated carbocycles. The summed E-state index contributed by atoms with van der Waals surface area (Å²) in [4.78, 5) is 12.9. The number of hydrogen-bond acceptors (Lipinski definition) is 2. The van der Waals surface area contributed by atoms with Crippen molar-refractivity contribution < 1.29 is 18.0 Å². The molecule has 0 aliphatic heterocycles. The fourth-order valence-corrected chi connectivity index (χ4v) is 2.60. The van der Waals surface area contributed by atoms with Crippen LogP contribution in [0.25, 0.3) is 0 Å². The predicted octanol–water partition coefficient (Wildman–Crippen LogP) is 4.73. The molecule has 1 heterocycles. The molecule has 1 N–H and O–H groups in total. The molecule has 1 aromatic carbocycles. The van der Waals surface area contributed by atoms with Crippen molar-refractivity contribution in [2.75, 3.05) is 5.32 Å². The van der Waals surface area contributed by atoms with Gasteiger partial charge in [0.25, 0.3) is 0 Å². The van der Waals surface area contributed by atoms with Gasteiger partial charge in [0.15, 0.2) is 0 Å². The molecule has 1 amide bonds. The topological polar surface area (TPSA) is 29.1 Å². The van der Waals surface area contributed by atoms with E-state index in [1.807, 2.05) is 17.5 Å². The predicted molar refractivity (Wildman–Crippen MR) is 77.3 cm³/mol. The van der Waals surface area contributed by atoms with Gasteiger partial charge in [-0.05, 0) is 48.6 Å². The number of aryl methyl sites for hydroxylation is 1. The molecule has 112 valence electrons. The smallest absolute Gasteiger partial charge is 0.326 e. The molecule has 0 spiro atoms. The van der Waals surface area contributed by atoms with E-state index in [0.717, 1.165) is 18.6 Å². The van der Waals surface area contributed by atoms with Gasteiger partial charge in [0, 0.05) is 17.0 Å². The summed E-state index contributed by atoms with van der Waals surface area (Å²) in [6.45, 7) is 0. The summed E-state index contributed by atoms with van der Waals surface area (Å²) >= 11 is 1.64. The van der Waals surface area contributed by atoms with Gasteiger partial charge in [-0.3, -0.25) is 4.79 Å². The average molecular weight is 313 g/mol. The second kappa shape index (κ2) is 6.76. The van der Waals surface area contributed by atoms with Gasteiger partial charge in [-0.25, -0.2) is 0 Å². The molecule has 0 aliphatic rings. The Bertz CT molecular complexity index is 576. The van der Waals surface area contributed by atoms with Crippen LogP contribution in [-0.2, 0) is 17.4 Å². The minimum atomic E-state index is -4.36. The van der Waals surface area contributed by atoms with Crippen LogP contribution in [0.5, 0.6) is 0 Å². The van der Waals surface area contributed by atoms with E-state index in [2.05, 4.69) is 5.32 Å². The number of rotatable bonds is 5. The molecule has 0 unspecified atom stereocenters. The van der Waals surface area contributed by atoms with E-state index >= 15 is 0 Å². The first-order valence-electron chi connectivity index (χ1n) is 6.44. The summed E-state index contributed by atoms with van der Waals surface area (Å²) in [7, 11) is 0. The largest absolute Gasteiger partial charge is 0.416 e. The molecule has 0 atom stereocenters. The molecule has 2 rings (SSSR count). The van der Waals surface area contributed by atoms with Crippen LogP contribution in [0.1, 0.15) is 23.3 Å². The zero-order valence-electron chi connectivity index (χ0n) is 11.1. The van der Waals surface area contributed by atoms with Crippen molar-refractivity contribution in [1.82, 2.24) is 0 Å². The summed E-state index contributed by atoms with van der Waals surface area (Å²) in [5, 5.41) is 4.58. The number of carbonyl (C=O) groups is 1. The van der Waals surface area contributed by atoms with Crippen LogP contribution in [0.15, 0.2) is 41.8 Å². The maximum absolute atomic E-state index is 12.4. The monoisotopic (exact) mass is 313 g/mol. The molecule has 1 aromatic heterocycles. The molecule has 6 heteroatoms. The quantitative estimate of drug-likeness (QED) is 0.849. The number of amides is 1. The summed E-state index contributed by atoms with van der Waals surface area (Å²) in [6, 6.07) is 8.42. The van der Waals surface area contributed by atoms with Crippen LogP contribution >= 0.6 is 11.3 Å². The average Bonchev–Trinajstić information content (AvgIpc) is 2.91. The number of anilines is 1. The number of halogens is 3.